The highest BCUT2D eigenvalue weighted by molar-refractivity contribution is 6.03. The lowest BCUT2D eigenvalue weighted by Crippen LogP contribution is -2.36. The summed E-state index contributed by atoms with van der Waals surface area (Å²) in [6.07, 6.45) is 5.16. The van der Waals surface area contributed by atoms with E-state index in [1.807, 2.05) is 24.3 Å². The Hall–Kier alpha value is -3.03. The normalized spacial score (nSPS) is 19.9. The Morgan fingerprint density at radius 1 is 1.18 bits per heavy atom. The fraction of sp³-hybridized carbons (Fsp3) is 0.450. The maximum absolute atomic E-state index is 12.5. The third kappa shape index (κ3) is 3.19. The van der Waals surface area contributed by atoms with Crippen molar-refractivity contribution in [1.29, 1.82) is 0 Å². The van der Waals surface area contributed by atoms with E-state index in [1.165, 1.54) is 4.57 Å². The van der Waals surface area contributed by atoms with E-state index < -0.39 is 11.2 Å². The van der Waals surface area contributed by atoms with Crippen LogP contribution in [0.3, 0.4) is 0 Å². The molecule has 0 saturated heterocycles. The van der Waals surface area contributed by atoms with Gasteiger partial charge in [0.15, 0.2) is 0 Å². The molecule has 3 N–H and O–H groups in total. The number of hydrazone groups is 1. The Morgan fingerprint density at radius 2 is 1.93 bits per heavy atom. The zero-order valence-electron chi connectivity index (χ0n) is 15.8. The number of rotatable bonds is 4. The van der Waals surface area contributed by atoms with Crippen LogP contribution in [-0.4, -0.2) is 27.5 Å². The zero-order valence-corrected chi connectivity index (χ0v) is 15.8. The molecule has 0 radical (unpaired) electrons. The van der Waals surface area contributed by atoms with E-state index in [2.05, 4.69) is 15.5 Å². The zero-order chi connectivity index (χ0) is 19.7. The fourth-order valence-electron chi connectivity index (χ4n) is 4.21. The molecule has 2 aromatic rings. The summed E-state index contributed by atoms with van der Waals surface area (Å²) in [5, 5.41) is 15.1. The fourth-order valence-corrected chi connectivity index (χ4v) is 4.21. The first-order valence-corrected chi connectivity index (χ1v) is 9.63. The number of benzene rings is 1. The second-order valence-corrected chi connectivity index (χ2v) is 7.31. The van der Waals surface area contributed by atoms with E-state index in [0.29, 0.717) is 12.1 Å². The summed E-state index contributed by atoms with van der Waals surface area (Å²) in [4.78, 5) is 27.2. The van der Waals surface area contributed by atoms with Gasteiger partial charge < -0.3 is 15.3 Å². The lowest BCUT2D eigenvalue weighted by molar-refractivity contribution is 0.298. The van der Waals surface area contributed by atoms with Crippen LogP contribution in [-0.2, 0) is 0 Å². The average molecular weight is 384 g/mol. The number of aromatic hydroxyl groups is 1. The summed E-state index contributed by atoms with van der Waals surface area (Å²) in [5.74, 6) is 0.434. The van der Waals surface area contributed by atoms with Crippen molar-refractivity contribution < 1.29 is 9.84 Å². The minimum absolute atomic E-state index is 0.0649. The van der Waals surface area contributed by atoms with E-state index in [1.54, 1.807) is 7.11 Å². The smallest absolute Gasteiger partial charge is 0.331 e. The first-order valence-electron chi connectivity index (χ1n) is 9.63. The largest absolute Gasteiger partial charge is 0.496 e. The van der Waals surface area contributed by atoms with Crippen LogP contribution in [0.2, 0.25) is 0 Å². The van der Waals surface area contributed by atoms with Gasteiger partial charge in [-0.25, -0.2) is 4.79 Å². The second kappa shape index (κ2) is 7.53. The second-order valence-electron chi connectivity index (χ2n) is 7.31. The third-order valence-electron chi connectivity index (χ3n) is 5.61. The summed E-state index contributed by atoms with van der Waals surface area (Å²) in [6.45, 7) is 0. The highest BCUT2D eigenvalue weighted by Crippen LogP contribution is 2.33. The van der Waals surface area contributed by atoms with Gasteiger partial charge in [-0.15, -0.1) is 0 Å². The van der Waals surface area contributed by atoms with E-state index in [-0.39, 0.29) is 23.5 Å². The monoisotopic (exact) mass is 384 g/mol. The number of hydrogen-bond acceptors (Lipinski definition) is 6. The molecule has 8 nitrogen and oxygen atoms in total. The van der Waals surface area contributed by atoms with E-state index in [9.17, 15) is 14.7 Å². The van der Waals surface area contributed by atoms with Gasteiger partial charge >= 0.3 is 5.69 Å². The lowest BCUT2D eigenvalue weighted by atomic mass is 9.95. The molecule has 1 unspecified atom stereocenters. The van der Waals surface area contributed by atoms with Crippen LogP contribution in [0.1, 0.15) is 61.7 Å². The summed E-state index contributed by atoms with van der Waals surface area (Å²) in [5.41, 5.74) is 3.25. The van der Waals surface area contributed by atoms with Crippen molar-refractivity contribution in [3.63, 3.8) is 0 Å². The Balaban J connectivity index is 1.68. The Labute approximate surface area is 161 Å². The molecule has 2 aliphatic rings. The van der Waals surface area contributed by atoms with Gasteiger partial charge in [0.05, 0.1) is 18.9 Å². The maximum Gasteiger partial charge on any atom is 0.331 e. The van der Waals surface area contributed by atoms with Crippen molar-refractivity contribution in [3.8, 4) is 11.6 Å². The molecule has 4 rings (SSSR count). The van der Waals surface area contributed by atoms with Crippen LogP contribution >= 0.6 is 0 Å². The number of para-hydroxylation sites is 1. The number of nitrogens with one attached hydrogen (secondary N) is 2. The van der Waals surface area contributed by atoms with Crippen LogP contribution in [0.5, 0.6) is 11.6 Å². The molecule has 0 amide bonds. The predicted molar refractivity (Wildman–Crippen MR) is 105 cm³/mol. The molecule has 1 aliphatic heterocycles. The van der Waals surface area contributed by atoms with Gasteiger partial charge in [0.25, 0.3) is 5.56 Å². The van der Waals surface area contributed by atoms with Gasteiger partial charge in [0.1, 0.15) is 11.3 Å². The first-order chi connectivity index (χ1) is 13.6. The number of H-pyrrole nitrogens is 1. The van der Waals surface area contributed by atoms with Gasteiger partial charge in [-0.1, -0.05) is 37.5 Å². The van der Waals surface area contributed by atoms with Gasteiger partial charge in [-0.05, 0) is 18.9 Å². The van der Waals surface area contributed by atoms with Gasteiger partial charge in [-0.2, -0.15) is 5.10 Å². The van der Waals surface area contributed by atoms with Crippen molar-refractivity contribution in [1.82, 2.24) is 15.0 Å². The highest BCUT2D eigenvalue weighted by atomic mass is 16.5. The number of hydrogen-bond donors (Lipinski definition) is 3. The average Bonchev–Trinajstić information content (AvgIpc) is 3.18. The van der Waals surface area contributed by atoms with Crippen molar-refractivity contribution in [3.05, 3.63) is 56.2 Å². The minimum Gasteiger partial charge on any atom is -0.496 e. The Bertz CT molecular complexity index is 1020. The summed E-state index contributed by atoms with van der Waals surface area (Å²) < 4.78 is 6.73. The summed E-state index contributed by atoms with van der Waals surface area (Å²) >= 11 is 0. The number of methoxy groups -OCH3 is 1. The minimum atomic E-state index is -0.615. The van der Waals surface area contributed by atoms with E-state index in [4.69, 9.17) is 4.74 Å². The van der Waals surface area contributed by atoms with Crippen LogP contribution in [0.25, 0.3) is 0 Å². The molecule has 8 heteroatoms. The van der Waals surface area contributed by atoms with Crippen LogP contribution in [0.4, 0.5) is 0 Å². The number of aromatic nitrogens is 2. The van der Waals surface area contributed by atoms with Gasteiger partial charge in [-0.3, -0.25) is 14.3 Å². The van der Waals surface area contributed by atoms with Gasteiger partial charge in [0, 0.05) is 18.0 Å². The molecular weight excluding hydrogens is 360 g/mol. The number of ether oxygens (including phenoxy) is 1. The van der Waals surface area contributed by atoms with Crippen molar-refractivity contribution in [2.24, 2.45) is 5.10 Å². The molecule has 0 spiro atoms. The van der Waals surface area contributed by atoms with Crippen molar-refractivity contribution >= 4 is 5.71 Å². The predicted octanol–water partition coefficient (Wildman–Crippen LogP) is 2.19. The molecule has 1 aliphatic carbocycles. The highest BCUT2D eigenvalue weighted by Gasteiger charge is 2.30. The van der Waals surface area contributed by atoms with Crippen LogP contribution < -0.4 is 21.4 Å². The summed E-state index contributed by atoms with van der Waals surface area (Å²) in [6, 6.07) is 7.31. The topological polar surface area (TPSA) is 109 Å². The third-order valence-corrected chi connectivity index (χ3v) is 5.61. The molecule has 28 heavy (non-hydrogen) atoms. The van der Waals surface area contributed by atoms with Gasteiger partial charge in [0.2, 0.25) is 5.88 Å². The molecule has 148 valence electrons. The quantitative estimate of drug-likeness (QED) is 0.749. The maximum atomic E-state index is 12.5. The number of aromatic amines is 1. The molecule has 1 atom stereocenters. The SMILES string of the molecule is COc1ccccc1C1CC(c2c(O)n(C3CCCCC3)c(=O)[nH]c2=O)=NN1. The molecule has 0 bridgehead atoms. The Morgan fingerprint density at radius 3 is 2.68 bits per heavy atom. The Kier molecular flexibility index (Phi) is 4.93. The molecular formula is C20H24N4O4. The van der Waals surface area contributed by atoms with Crippen LogP contribution in [0.15, 0.2) is 39.0 Å². The molecule has 1 saturated carbocycles. The van der Waals surface area contributed by atoms with Crippen molar-refractivity contribution in [2.45, 2.75) is 50.6 Å². The molecule has 1 aromatic heterocycles. The molecule has 1 aromatic carbocycles. The van der Waals surface area contributed by atoms with E-state index >= 15 is 0 Å². The van der Waals surface area contributed by atoms with E-state index in [0.717, 1.165) is 43.4 Å². The first kappa shape index (κ1) is 18.3. The standard InChI is InChI=1S/C20H24N4O4/c1-28-16-10-6-5-9-13(16)14-11-15(23-22-14)17-18(25)21-20(27)24(19(17)26)12-7-3-2-4-8-12/h5-6,9-10,12,14,22,26H,2-4,7-8,11H2,1H3,(H,21,25,27). The molecule has 1 fully saturated rings. The lowest BCUT2D eigenvalue weighted by Gasteiger charge is -2.25. The van der Waals surface area contributed by atoms with Crippen molar-refractivity contribution in [2.75, 3.05) is 7.11 Å². The summed E-state index contributed by atoms with van der Waals surface area (Å²) in [7, 11) is 1.60. The molecule has 2 heterocycles. The van der Waals surface area contributed by atoms with Crippen LogP contribution in [0, 0.1) is 0 Å². The number of nitrogens with zero attached hydrogens (tertiary/aromatic N) is 2.